The van der Waals surface area contributed by atoms with Gasteiger partial charge >= 0.3 is 0 Å². The number of allylic oxidation sites excluding steroid dienone is 2. The Labute approximate surface area is 255 Å². The van der Waals surface area contributed by atoms with E-state index in [1.165, 1.54) is 19.2 Å². The number of hydrogen-bond donors (Lipinski definition) is 1. The van der Waals surface area contributed by atoms with Gasteiger partial charge in [0.05, 0.1) is 18.9 Å². The number of halogens is 7. The van der Waals surface area contributed by atoms with E-state index in [2.05, 4.69) is 0 Å². The molecule has 2 heterocycles. The number of phenolic OH excluding ortho intramolecular Hbond substituents is 1. The second-order valence-electron chi connectivity index (χ2n) is 11.0. The van der Waals surface area contributed by atoms with Crippen molar-refractivity contribution in [1.82, 2.24) is 4.90 Å². The van der Waals surface area contributed by atoms with Crippen LogP contribution in [0.15, 0.2) is 29.8 Å². The van der Waals surface area contributed by atoms with Gasteiger partial charge < -0.3 is 9.84 Å². The summed E-state index contributed by atoms with van der Waals surface area (Å²) < 4.78 is 78.0. The fourth-order valence-electron chi connectivity index (χ4n) is 7.23. The van der Waals surface area contributed by atoms with Crippen molar-refractivity contribution in [3.8, 4) is 11.5 Å². The Balaban J connectivity index is 1.63. The fraction of sp³-hybridized carbons (Fsp3) is 0.379. The summed E-state index contributed by atoms with van der Waals surface area (Å²) in [4.78, 5) is 50.4. The lowest BCUT2D eigenvalue weighted by atomic mass is 9.56. The number of nitrogens with zero attached hydrogens (tertiary/aromatic N) is 2. The second kappa shape index (κ2) is 9.90. The molecular weight excluding hydrogens is 638 g/mol. The summed E-state index contributed by atoms with van der Waals surface area (Å²) >= 11 is 14.1. The molecule has 4 amide bonds. The summed E-state index contributed by atoms with van der Waals surface area (Å²) in [5.74, 6) is -21.2. The third kappa shape index (κ3) is 3.56. The molecule has 0 spiro atoms. The number of ether oxygens (including phenoxy) is 1. The molecule has 0 aromatic heterocycles. The van der Waals surface area contributed by atoms with Gasteiger partial charge in [0, 0.05) is 24.1 Å². The molecular formula is C29H21Cl2F5N2O6. The van der Waals surface area contributed by atoms with Crippen molar-refractivity contribution in [2.45, 2.75) is 35.4 Å². The fourth-order valence-corrected chi connectivity index (χ4v) is 8.15. The van der Waals surface area contributed by atoms with E-state index in [9.17, 15) is 37.5 Å². The van der Waals surface area contributed by atoms with Gasteiger partial charge in [-0.25, -0.2) is 26.9 Å². The van der Waals surface area contributed by atoms with Crippen molar-refractivity contribution < 1.29 is 51.0 Å². The SMILES string of the molecule is CCN1C(=O)C2CC=C3C(CC4(Cl)C(=O)N(c5c(F)c(F)c(F)c(F)c5F)C(=O)C4(Cl)C3c3ccc(O)cc3OC)C2C1=O. The highest BCUT2D eigenvalue weighted by atomic mass is 35.5. The standard InChI is InChI=1S/C29H21Cl2F5N2O6/c1-3-37-24(40)13-7-6-11-14(16(13)25(37)41)9-28(30)26(42)38(23-21(35)19(33)18(32)20(34)22(23)36)27(43)29(28,31)17(11)12-5-4-10(39)8-15(12)44-2/h4-6,8,13-14,16-17,39H,3,7,9H2,1-2H3. The number of rotatable bonds is 4. The third-order valence-electron chi connectivity index (χ3n) is 9.16. The molecule has 1 saturated carbocycles. The molecule has 2 aromatic carbocycles. The van der Waals surface area contributed by atoms with Gasteiger partial charge in [-0.2, -0.15) is 0 Å². The predicted octanol–water partition coefficient (Wildman–Crippen LogP) is 4.68. The molecule has 15 heteroatoms. The van der Waals surface area contributed by atoms with Gasteiger partial charge in [0.25, 0.3) is 11.8 Å². The topological polar surface area (TPSA) is 104 Å². The van der Waals surface area contributed by atoms with Crippen LogP contribution in [0.2, 0.25) is 0 Å². The summed E-state index contributed by atoms with van der Waals surface area (Å²) in [6.45, 7) is 1.65. The normalized spacial score (nSPS) is 31.2. The maximum absolute atomic E-state index is 15.1. The Kier molecular flexibility index (Phi) is 6.82. The summed E-state index contributed by atoms with van der Waals surface area (Å²) in [5.41, 5.74) is -1.52. The number of imide groups is 2. The largest absolute Gasteiger partial charge is 0.508 e. The van der Waals surface area contributed by atoms with Crippen molar-refractivity contribution in [2.24, 2.45) is 17.8 Å². The lowest BCUT2D eigenvalue weighted by molar-refractivity contribution is -0.140. The van der Waals surface area contributed by atoms with Crippen LogP contribution in [0.4, 0.5) is 27.6 Å². The Morgan fingerprint density at radius 2 is 1.55 bits per heavy atom. The van der Waals surface area contributed by atoms with Gasteiger partial charge in [-0.1, -0.05) is 17.7 Å². The number of carbonyl (C=O) groups excluding carboxylic acids is 4. The molecule has 232 valence electrons. The number of phenols is 1. The van der Waals surface area contributed by atoms with E-state index in [0.717, 1.165) is 11.0 Å². The minimum Gasteiger partial charge on any atom is -0.508 e. The van der Waals surface area contributed by atoms with E-state index in [1.54, 1.807) is 13.0 Å². The maximum atomic E-state index is 15.1. The highest BCUT2D eigenvalue weighted by Crippen LogP contribution is 2.66. The van der Waals surface area contributed by atoms with Gasteiger partial charge in [-0.15, -0.1) is 23.2 Å². The summed E-state index contributed by atoms with van der Waals surface area (Å²) in [6.07, 6.45) is 1.00. The van der Waals surface area contributed by atoms with Crippen LogP contribution < -0.4 is 9.64 Å². The smallest absolute Gasteiger partial charge is 0.258 e. The highest BCUT2D eigenvalue weighted by molar-refractivity contribution is 6.58. The van der Waals surface area contributed by atoms with Crippen LogP contribution in [-0.2, 0) is 19.2 Å². The molecule has 6 rings (SSSR count). The number of methoxy groups -OCH3 is 1. The van der Waals surface area contributed by atoms with Gasteiger partial charge in [-0.3, -0.25) is 24.1 Å². The number of aromatic hydroxyl groups is 1. The average Bonchev–Trinajstić information content (AvgIpc) is 3.33. The van der Waals surface area contributed by atoms with E-state index in [4.69, 9.17) is 27.9 Å². The number of likely N-dealkylation sites (tertiary alicyclic amines) is 1. The number of fused-ring (bicyclic) bond motifs is 4. The first-order chi connectivity index (χ1) is 20.7. The Morgan fingerprint density at radius 3 is 2.14 bits per heavy atom. The van der Waals surface area contributed by atoms with Crippen LogP contribution in [0.3, 0.4) is 0 Å². The molecule has 2 aliphatic carbocycles. The van der Waals surface area contributed by atoms with Crippen molar-refractivity contribution in [3.63, 3.8) is 0 Å². The molecule has 6 atom stereocenters. The molecule has 2 aromatic rings. The van der Waals surface area contributed by atoms with E-state index >= 15 is 8.78 Å². The van der Waals surface area contributed by atoms with Crippen molar-refractivity contribution in [2.75, 3.05) is 18.6 Å². The number of hydrogen-bond acceptors (Lipinski definition) is 6. The van der Waals surface area contributed by atoms with Crippen molar-refractivity contribution in [3.05, 3.63) is 64.5 Å². The van der Waals surface area contributed by atoms with Crippen LogP contribution >= 0.6 is 23.2 Å². The zero-order chi connectivity index (χ0) is 32.2. The molecule has 44 heavy (non-hydrogen) atoms. The minimum absolute atomic E-state index is 0.0280. The van der Waals surface area contributed by atoms with E-state index in [1.807, 2.05) is 0 Å². The van der Waals surface area contributed by atoms with Crippen molar-refractivity contribution in [1.29, 1.82) is 0 Å². The van der Waals surface area contributed by atoms with Crippen LogP contribution in [0.1, 0.15) is 31.2 Å². The zero-order valence-electron chi connectivity index (χ0n) is 22.8. The number of anilines is 1. The number of benzene rings is 2. The number of carbonyl (C=O) groups is 4. The molecule has 1 N–H and O–H groups in total. The molecule has 2 aliphatic heterocycles. The first kappa shape index (κ1) is 30.3. The van der Waals surface area contributed by atoms with E-state index < -0.39 is 98.2 Å². The predicted molar refractivity (Wildman–Crippen MR) is 143 cm³/mol. The molecule has 3 fully saturated rings. The minimum atomic E-state index is -2.68. The Bertz CT molecular complexity index is 1710. The van der Waals surface area contributed by atoms with E-state index in [0.29, 0.717) is 0 Å². The Morgan fingerprint density at radius 1 is 0.932 bits per heavy atom. The van der Waals surface area contributed by atoms with Gasteiger partial charge in [0.2, 0.25) is 17.6 Å². The first-order valence-electron chi connectivity index (χ1n) is 13.4. The zero-order valence-corrected chi connectivity index (χ0v) is 24.3. The molecule has 6 unspecified atom stereocenters. The lowest BCUT2D eigenvalue weighted by Gasteiger charge is -2.50. The van der Waals surface area contributed by atoms with Crippen LogP contribution in [0, 0.1) is 46.8 Å². The van der Waals surface area contributed by atoms with Crippen LogP contribution in [-0.4, -0.2) is 57.0 Å². The molecule has 2 saturated heterocycles. The Hall–Kier alpha value is -3.71. The summed E-state index contributed by atoms with van der Waals surface area (Å²) in [7, 11) is 1.22. The van der Waals surface area contributed by atoms with Gasteiger partial charge in [0.1, 0.15) is 17.2 Å². The quantitative estimate of drug-likeness (QED) is 0.128. The summed E-state index contributed by atoms with van der Waals surface area (Å²) in [5, 5.41) is 10.1. The lowest BCUT2D eigenvalue weighted by Crippen LogP contribution is -2.60. The highest BCUT2D eigenvalue weighted by Gasteiger charge is 2.77. The molecule has 4 aliphatic rings. The van der Waals surface area contributed by atoms with Gasteiger partial charge in [-0.05, 0) is 31.7 Å². The average molecular weight is 659 g/mol. The first-order valence-corrected chi connectivity index (χ1v) is 14.1. The van der Waals surface area contributed by atoms with Gasteiger partial charge in [0.15, 0.2) is 33.0 Å². The molecule has 0 bridgehead atoms. The summed E-state index contributed by atoms with van der Waals surface area (Å²) in [6, 6.07) is 3.66. The number of amides is 4. The monoisotopic (exact) mass is 658 g/mol. The molecule has 0 radical (unpaired) electrons. The third-order valence-corrected chi connectivity index (χ3v) is 10.6. The van der Waals surface area contributed by atoms with Crippen LogP contribution in [0.5, 0.6) is 11.5 Å². The molecule has 8 nitrogen and oxygen atoms in total. The maximum Gasteiger partial charge on any atom is 0.258 e. The number of alkyl halides is 2. The second-order valence-corrected chi connectivity index (χ2v) is 12.3. The van der Waals surface area contributed by atoms with Crippen molar-refractivity contribution >= 4 is 52.5 Å². The van der Waals surface area contributed by atoms with Crippen LogP contribution in [0.25, 0.3) is 0 Å². The van der Waals surface area contributed by atoms with E-state index in [-0.39, 0.29) is 40.5 Å².